The van der Waals surface area contributed by atoms with Gasteiger partial charge in [-0.2, -0.15) is 4.98 Å². The Bertz CT molecular complexity index is 1070. The lowest BCUT2D eigenvalue weighted by Crippen LogP contribution is -2.41. The molecule has 3 aromatic rings. The van der Waals surface area contributed by atoms with Crippen LogP contribution in [0.5, 0.6) is 11.5 Å². The Morgan fingerprint density at radius 1 is 1.03 bits per heavy atom. The van der Waals surface area contributed by atoms with Crippen molar-refractivity contribution in [1.29, 1.82) is 0 Å². The minimum absolute atomic E-state index is 0.0548. The first kappa shape index (κ1) is 21.4. The number of ether oxygens (including phenoxy) is 2. The van der Waals surface area contributed by atoms with E-state index in [1.807, 2.05) is 36.4 Å². The predicted molar refractivity (Wildman–Crippen MR) is 115 cm³/mol. The maximum Gasteiger partial charge on any atom is 0.261 e. The molecule has 0 bridgehead atoms. The lowest BCUT2D eigenvalue weighted by atomic mass is 10.0. The highest BCUT2D eigenvalue weighted by Gasteiger charge is 2.32. The van der Waals surface area contributed by atoms with Crippen LogP contribution in [0.25, 0.3) is 11.4 Å². The van der Waals surface area contributed by atoms with Crippen LogP contribution in [0.3, 0.4) is 0 Å². The van der Waals surface area contributed by atoms with Crippen LogP contribution in [-0.4, -0.2) is 46.6 Å². The number of piperidine rings is 1. The number of para-hydroxylation sites is 1. The number of hydrogen-bond donors (Lipinski definition) is 1. The molecule has 1 aromatic heterocycles. The van der Waals surface area contributed by atoms with Gasteiger partial charge in [-0.25, -0.2) is 0 Å². The number of nitrogens with zero attached hydrogens (tertiary/aromatic N) is 3. The van der Waals surface area contributed by atoms with Gasteiger partial charge in [-0.05, 0) is 43.5 Å². The Morgan fingerprint density at radius 2 is 1.81 bits per heavy atom. The molecule has 1 fully saturated rings. The molecular formula is C23H24N4O5. The fourth-order valence-corrected chi connectivity index (χ4v) is 3.60. The first-order chi connectivity index (χ1) is 15.6. The molecule has 0 spiro atoms. The zero-order valence-electron chi connectivity index (χ0n) is 17.5. The van der Waals surface area contributed by atoms with Crippen LogP contribution in [-0.2, 0) is 9.59 Å². The van der Waals surface area contributed by atoms with Crippen molar-refractivity contribution < 1.29 is 23.6 Å². The molecule has 9 nitrogen and oxygen atoms in total. The number of hydrogen-bond acceptors (Lipinski definition) is 7. The average molecular weight is 436 g/mol. The monoisotopic (exact) mass is 436 g/mol. The smallest absolute Gasteiger partial charge is 0.261 e. The van der Waals surface area contributed by atoms with E-state index in [9.17, 15) is 9.59 Å². The third-order valence-electron chi connectivity index (χ3n) is 5.13. The van der Waals surface area contributed by atoms with Gasteiger partial charge in [0.1, 0.15) is 17.5 Å². The summed E-state index contributed by atoms with van der Waals surface area (Å²) in [6, 6.07) is 15.9. The van der Waals surface area contributed by atoms with E-state index in [1.165, 1.54) is 0 Å². The van der Waals surface area contributed by atoms with Gasteiger partial charge in [0.15, 0.2) is 13.2 Å². The molecule has 32 heavy (non-hydrogen) atoms. The first-order valence-electron chi connectivity index (χ1n) is 10.4. The van der Waals surface area contributed by atoms with E-state index in [-0.39, 0.29) is 25.2 Å². The second kappa shape index (κ2) is 9.95. The summed E-state index contributed by atoms with van der Waals surface area (Å²) in [5.74, 6) is 1.20. The van der Waals surface area contributed by atoms with Gasteiger partial charge < -0.3 is 24.6 Å². The molecule has 166 valence electrons. The van der Waals surface area contributed by atoms with Gasteiger partial charge in [0.2, 0.25) is 11.7 Å². The van der Waals surface area contributed by atoms with Gasteiger partial charge in [0.05, 0.1) is 0 Å². The molecule has 1 saturated heterocycles. The van der Waals surface area contributed by atoms with E-state index < -0.39 is 5.91 Å². The van der Waals surface area contributed by atoms with E-state index in [1.54, 1.807) is 23.1 Å². The van der Waals surface area contributed by atoms with Crippen molar-refractivity contribution in [2.75, 3.05) is 19.8 Å². The minimum Gasteiger partial charge on any atom is -0.484 e. The zero-order chi connectivity index (χ0) is 22.3. The number of nitrogens with two attached hydrogens (primary N) is 1. The van der Waals surface area contributed by atoms with E-state index >= 15 is 0 Å². The summed E-state index contributed by atoms with van der Waals surface area (Å²) in [7, 11) is 0. The Labute approximate surface area is 185 Å². The molecular weight excluding hydrogens is 412 g/mol. The normalized spacial score (nSPS) is 15.9. The van der Waals surface area contributed by atoms with Crippen LogP contribution < -0.4 is 15.2 Å². The third-order valence-corrected chi connectivity index (χ3v) is 5.13. The van der Waals surface area contributed by atoms with Crippen molar-refractivity contribution in [3.8, 4) is 22.9 Å². The van der Waals surface area contributed by atoms with Crippen LogP contribution in [0.4, 0.5) is 0 Å². The molecule has 1 aliphatic rings. The fraction of sp³-hybridized carbons (Fsp3) is 0.304. The SMILES string of the molecule is NC(=O)COc1cccc(-c2noc([C@H]3CCCCN3C(=O)COc3ccccc3)n2)c1. The van der Waals surface area contributed by atoms with E-state index in [0.29, 0.717) is 35.3 Å². The van der Waals surface area contributed by atoms with Crippen molar-refractivity contribution in [2.24, 2.45) is 5.73 Å². The van der Waals surface area contributed by atoms with Crippen molar-refractivity contribution in [2.45, 2.75) is 25.3 Å². The van der Waals surface area contributed by atoms with Crippen LogP contribution in [0.2, 0.25) is 0 Å². The summed E-state index contributed by atoms with van der Waals surface area (Å²) in [6.45, 7) is 0.335. The molecule has 2 aromatic carbocycles. The molecule has 1 aliphatic heterocycles. The van der Waals surface area contributed by atoms with Crippen LogP contribution >= 0.6 is 0 Å². The summed E-state index contributed by atoms with van der Waals surface area (Å²) in [5.41, 5.74) is 5.79. The molecule has 0 unspecified atom stereocenters. The van der Waals surface area contributed by atoms with Gasteiger partial charge >= 0.3 is 0 Å². The van der Waals surface area contributed by atoms with E-state index in [0.717, 1.165) is 19.3 Å². The molecule has 2 amide bonds. The molecule has 0 radical (unpaired) electrons. The Hall–Kier alpha value is -3.88. The second-order valence-electron chi connectivity index (χ2n) is 7.44. The first-order valence-corrected chi connectivity index (χ1v) is 10.4. The van der Waals surface area contributed by atoms with Gasteiger partial charge in [-0.3, -0.25) is 9.59 Å². The lowest BCUT2D eigenvalue weighted by Gasteiger charge is -2.33. The van der Waals surface area contributed by atoms with Gasteiger partial charge in [-0.1, -0.05) is 35.5 Å². The molecule has 4 rings (SSSR count). The average Bonchev–Trinajstić information content (AvgIpc) is 3.32. The Balaban J connectivity index is 1.46. The molecule has 2 N–H and O–H groups in total. The lowest BCUT2D eigenvalue weighted by molar-refractivity contribution is -0.138. The Morgan fingerprint density at radius 3 is 2.62 bits per heavy atom. The summed E-state index contributed by atoms with van der Waals surface area (Å²) in [6.07, 6.45) is 2.61. The summed E-state index contributed by atoms with van der Waals surface area (Å²) in [4.78, 5) is 30.1. The fourth-order valence-electron chi connectivity index (χ4n) is 3.60. The number of primary amides is 1. The summed E-state index contributed by atoms with van der Waals surface area (Å²) in [5, 5.41) is 4.08. The minimum atomic E-state index is -0.560. The van der Waals surface area contributed by atoms with Crippen molar-refractivity contribution >= 4 is 11.8 Å². The maximum atomic E-state index is 12.9. The summed E-state index contributed by atoms with van der Waals surface area (Å²) < 4.78 is 16.5. The highest BCUT2D eigenvalue weighted by atomic mass is 16.5. The summed E-state index contributed by atoms with van der Waals surface area (Å²) >= 11 is 0. The van der Waals surface area contributed by atoms with Crippen LogP contribution in [0, 0.1) is 0 Å². The number of benzene rings is 2. The van der Waals surface area contributed by atoms with Crippen molar-refractivity contribution in [1.82, 2.24) is 15.0 Å². The molecule has 2 heterocycles. The molecule has 1 atom stereocenters. The molecule has 0 saturated carbocycles. The Kier molecular flexibility index (Phi) is 6.64. The van der Waals surface area contributed by atoms with Crippen molar-refractivity contribution in [3.05, 3.63) is 60.5 Å². The predicted octanol–water partition coefficient (Wildman–Crippen LogP) is 2.73. The van der Waals surface area contributed by atoms with E-state index in [2.05, 4.69) is 10.1 Å². The molecule has 0 aliphatic carbocycles. The van der Waals surface area contributed by atoms with Gasteiger partial charge in [0, 0.05) is 12.1 Å². The van der Waals surface area contributed by atoms with Crippen LogP contribution in [0.15, 0.2) is 59.1 Å². The van der Waals surface area contributed by atoms with Crippen molar-refractivity contribution in [3.63, 3.8) is 0 Å². The highest BCUT2D eigenvalue weighted by molar-refractivity contribution is 5.78. The van der Waals surface area contributed by atoms with Gasteiger partial charge in [-0.15, -0.1) is 0 Å². The largest absolute Gasteiger partial charge is 0.484 e. The number of carbonyl (C=O) groups excluding carboxylic acids is 2. The standard InChI is InChI=1S/C23H24N4O5/c24-20(28)14-30-18-10-6-7-16(13-18)22-25-23(32-26-22)19-11-4-5-12-27(19)21(29)15-31-17-8-2-1-3-9-17/h1-3,6-10,13,19H,4-5,11-12,14-15H2,(H2,24,28)/t19-/m1/s1. The number of carbonyl (C=O) groups is 2. The quantitative estimate of drug-likeness (QED) is 0.576. The van der Waals surface area contributed by atoms with Gasteiger partial charge in [0.25, 0.3) is 11.8 Å². The van der Waals surface area contributed by atoms with E-state index in [4.69, 9.17) is 19.7 Å². The number of amides is 2. The topological polar surface area (TPSA) is 121 Å². The molecule has 9 heteroatoms. The third kappa shape index (κ3) is 5.23. The number of aromatic nitrogens is 2. The number of likely N-dealkylation sites (tertiary alicyclic amines) is 1. The van der Waals surface area contributed by atoms with Crippen LogP contribution in [0.1, 0.15) is 31.2 Å². The maximum absolute atomic E-state index is 12.9. The highest BCUT2D eigenvalue weighted by Crippen LogP contribution is 2.32. The number of rotatable bonds is 8. The second-order valence-corrected chi connectivity index (χ2v) is 7.44. The zero-order valence-corrected chi connectivity index (χ0v) is 17.5.